The maximum absolute atomic E-state index is 12.5. The van der Waals surface area contributed by atoms with Crippen LogP contribution in [0.5, 0.6) is 0 Å². The summed E-state index contributed by atoms with van der Waals surface area (Å²) in [5, 5.41) is 20.9. The van der Waals surface area contributed by atoms with Crippen LogP contribution in [0.15, 0.2) is 30.3 Å². The summed E-state index contributed by atoms with van der Waals surface area (Å²) < 4.78 is 0. The van der Waals surface area contributed by atoms with Gasteiger partial charge in [0.2, 0.25) is 0 Å². The molecule has 0 radical (unpaired) electrons. The van der Waals surface area contributed by atoms with Crippen LogP contribution in [0, 0.1) is 52.3 Å². The summed E-state index contributed by atoms with van der Waals surface area (Å²) in [5.74, 6) is 9.09. The zero-order chi connectivity index (χ0) is 22.6. The van der Waals surface area contributed by atoms with Gasteiger partial charge in [-0.2, -0.15) is 0 Å². The van der Waals surface area contributed by atoms with E-state index in [2.05, 4.69) is 25.7 Å². The number of carbonyl (C=O) groups excluding carboxylic acids is 1. The molecule has 4 fully saturated rings. The van der Waals surface area contributed by atoms with Crippen molar-refractivity contribution >= 4 is 5.78 Å². The van der Waals surface area contributed by atoms with E-state index in [1.165, 1.54) is 12.8 Å². The first kappa shape index (κ1) is 22.2. The zero-order valence-electron chi connectivity index (χ0n) is 19.6. The van der Waals surface area contributed by atoms with Crippen molar-refractivity contribution in [1.82, 2.24) is 0 Å². The highest BCUT2D eigenvalue weighted by Crippen LogP contribution is 2.68. The number of aliphatic hydroxyl groups excluding tert-OH is 1. The number of hydrogen-bond donors (Lipinski definition) is 2. The van der Waals surface area contributed by atoms with Crippen LogP contribution >= 0.6 is 0 Å². The average molecular weight is 435 g/mol. The molecule has 0 heterocycles. The normalized spacial score (nSPS) is 45.1. The minimum absolute atomic E-state index is 0.0497. The fourth-order valence-corrected chi connectivity index (χ4v) is 8.71. The smallest absolute Gasteiger partial charge is 0.161 e. The number of ketones is 1. The molecule has 3 nitrogen and oxygen atoms in total. The summed E-state index contributed by atoms with van der Waals surface area (Å²) in [7, 11) is 0. The Bertz CT molecular complexity index is 929. The van der Waals surface area contributed by atoms with Crippen LogP contribution in [0.3, 0.4) is 0 Å². The van der Waals surface area contributed by atoms with Crippen molar-refractivity contribution < 1.29 is 15.0 Å². The van der Waals surface area contributed by atoms with E-state index in [1.807, 2.05) is 30.3 Å². The Labute approximate surface area is 193 Å². The predicted octanol–water partition coefficient (Wildman–Crippen LogP) is 4.99. The van der Waals surface area contributed by atoms with E-state index in [0.717, 1.165) is 50.5 Å². The van der Waals surface area contributed by atoms with E-state index in [-0.39, 0.29) is 29.1 Å². The molecule has 3 heteroatoms. The minimum Gasteiger partial charge on any atom is -0.389 e. The van der Waals surface area contributed by atoms with Gasteiger partial charge in [-0.1, -0.05) is 43.9 Å². The van der Waals surface area contributed by atoms with Crippen molar-refractivity contribution in [3.8, 4) is 11.8 Å². The molecule has 0 spiro atoms. The number of benzene rings is 1. The summed E-state index contributed by atoms with van der Waals surface area (Å²) in [6, 6.07) is 9.98. The summed E-state index contributed by atoms with van der Waals surface area (Å²) >= 11 is 0. The second-order valence-electron chi connectivity index (χ2n) is 11.8. The van der Waals surface area contributed by atoms with Gasteiger partial charge in [0.05, 0.1) is 0 Å². The first-order chi connectivity index (χ1) is 15.3. The second-order valence-corrected chi connectivity index (χ2v) is 11.8. The lowest BCUT2D eigenvalue weighted by Gasteiger charge is -2.61. The Morgan fingerprint density at radius 3 is 2.47 bits per heavy atom. The van der Waals surface area contributed by atoms with Gasteiger partial charge >= 0.3 is 0 Å². The maximum Gasteiger partial charge on any atom is 0.161 e. The fourth-order valence-electron chi connectivity index (χ4n) is 8.71. The Hall–Kier alpha value is -1.63. The van der Waals surface area contributed by atoms with Gasteiger partial charge in [-0.15, -0.1) is 0 Å². The van der Waals surface area contributed by atoms with Crippen LogP contribution < -0.4 is 0 Å². The average Bonchev–Trinajstić information content (AvgIpc) is 3.16. The van der Waals surface area contributed by atoms with Gasteiger partial charge in [0.1, 0.15) is 12.2 Å². The lowest BCUT2D eigenvalue weighted by atomic mass is 9.44. The van der Waals surface area contributed by atoms with E-state index in [4.69, 9.17) is 0 Å². The van der Waals surface area contributed by atoms with E-state index in [1.54, 1.807) is 0 Å². The van der Waals surface area contributed by atoms with E-state index in [0.29, 0.717) is 23.7 Å². The van der Waals surface area contributed by atoms with Gasteiger partial charge in [-0.25, -0.2) is 0 Å². The standard InChI is InChI=1S/C29H38O3/c1-27-16-17-29(32,15-12-20-6-4-3-5-7-20)18-21(27)8-9-22-23-10-11-25(26(31)19-30)28(23,2)14-13-24(22)27/h3-7,21-25,30,32H,8-11,13-14,16-19H2,1-2H3/t21-,22-,23-,24-,25+,27-,28-,29+/m0/s1. The molecule has 4 aliphatic rings. The molecule has 0 saturated heterocycles. The summed E-state index contributed by atoms with van der Waals surface area (Å²) in [5.41, 5.74) is 0.435. The van der Waals surface area contributed by atoms with Crippen LogP contribution in [-0.4, -0.2) is 28.2 Å². The SMILES string of the molecule is C[C@]12CC[C@](O)(C#Cc3ccccc3)C[C@@H]1CC[C@@H]1[C@@H]2CC[C@]2(C)[C@@H](C(=O)CO)CC[C@@H]12. The molecule has 0 bridgehead atoms. The summed E-state index contributed by atoms with van der Waals surface area (Å²) in [4.78, 5) is 12.5. The lowest BCUT2D eigenvalue weighted by molar-refractivity contribution is -0.146. The number of aliphatic hydroxyl groups is 2. The van der Waals surface area contributed by atoms with Gasteiger partial charge in [-0.3, -0.25) is 4.79 Å². The third kappa shape index (κ3) is 3.46. The van der Waals surface area contributed by atoms with Gasteiger partial charge in [0.25, 0.3) is 0 Å². The van der Waals surface area contributed by atoms with Crippen LogP contribution in [0.1, 0.15) is 77.2 Å². The van der Waals surface area contributed by atoms with Crippen LogP contribution in [0.25, 0.3) is 0 Å². The number of Topliss-reactive ketones (excluding diaryl/α,β-unsaturated/α-hetero) is 1. The molecule has 4 saturated carbocycles. The number of fused-ring (bicyclic) bond motifs is 5. The predicted molar refractivity (Wildman–Crippen MR) is 126 cm³/mol. The Kier molecular flexibility index (Phi) is 5.54. The maximum atomic E-state index is 12.5. The second kappa shape index (κ2) is 8.00. The Balaban J connectivity index is 1.34. The number of carbonyl (C=O) groups is 1. The highest BCUT2D eigenvalue weighted by atomic mass is 16.3. The van der Waals surface area contributed by atoms with Gasteiger partial charge in [0, 0.05) is 11.5 Å². The zero-order valence-corrected chi connectivity index (χ0v) is 19.6. The molecule has 32 heavy (non-hydrogen) atoms. The molecule has 0 unspecified atom stereocenters. The minimum atomic E-state index is -0.873. The molecule has 172 valence electrons. The molecular formula is C29H38O3. The molecule has 0 amide bonds. The van der Waals surface area contributed by atoms with Gasteiger partial charge < -0.3 is 10.2 Å². The number of hydrogen-bond acceptors (Lipinski definition) is 3. The highest BCUT2D eigenvalue weighted by Gasteiger charge is 2.61. The van der Waals surface area contributed by atoms with Crippen LogP contribution in [0.2, 0.25) is 0 Å². The van der Waals surface area contributed by atoms with E-state index in [9.17, 15) is 15.0 Å². The highest BCUT2D eigenvalue weighted by molar-refractivity contribution is 5.83. The van der Waals surface area contributed by atoms with Crippen molar-refractivity contribution in [2.24, 2.45) is 40.4 Å². The van der Waals surface area contributed by atoms with Gasteiger partial charge in [-0.05, 0) is 104 Å². The van der Waals surface area contributed by atoms with Crippen molar-refractivity contribution in [1.29, 1.82) is 0 Å². The molecule has 2 N–H and O–H groups in total. The molecule has 1 aromatic carbocycles. The Morgan fingerprint density at radius 1 is 0.969 bits per heavy atom. The summed E-state index contributed by atoms with van der Waals surface area (Å²) in [6.45, 7) is 4.53. The van der Waals surface area contributed by atoms with Crippen LogP contribution in [0.4, 0.5) is 0 Å². The van der Waals surface area contributed by atoms with Crippen molar-refractivity contribution in [3.05, 3.63) is 35.9 Å². The Morgan fingerprint density at radius 2 is 1.72 bits per heavy atom. The van der Waals surface area contributed by atoms with Crippen LogP contribution in [-0.2, 0) is 4.79 Å². The molecular weight excluding hydrogens is 396 g/mol. The topological polar surface area (TPSA) is 57.5 Å². The largest absolute Gasteiger partial charge is 0.389 e. The molecule has 4 aliphatic carbocycles. The van der Waals surface area contributed by atoms with Crippen molar-refractivity contribution in [2.75, 3.05) is 6.61 Å². The van der Waals surface area contributed by atoms with E-state index < -0.39 is 5.60 Å². The third-order valence-electron chi connectivity index (χ3n) is 10.5. The molecule has 5 rings (SSSR count). The number of rotatable bonds is 2. The van der Waals surface area contributed by atoms with Crippen molar-refractivity contribution in [2.45, 2.75) is 77.2 Å². The molecule has 1 aromatic rings. The van der Waals surface area contributed by atoms with E-state index >= 15 is 0 Å². The first-order valence-corrected chi connectivity index (χ1v) is 12.7. The third-order valence-corrected chi connectivity index (χ3v) is 10.5. The molecule has 8 atom stereocenters. The van der Waals surface area contributed by atoms with Crippen molar-refractivity contribution in [3.63, 3.8) is 0 Å². The first-order valence-electron chi connectivity index (χ1n) is 12.7. The monoisotopic (exact) mass is 434 g/mol. The fraction of sp³-hybridized carbons (Fsp3) is 0.690. The van der Waals surface area contributed by atoms with Gasteiger partial charge in [0.15, 0.2) is 5.78 Å². The lowest BCUT2D eigenvalue weighted by Crippen LogP contribution is -2.56. The molecule has 0 aromatic heterocycles. The quantitative estimate of drug-likeness (QED) is 0.645. The molecule has 0 aliphatic heterocycles. The summed E-state index contributed by atoms with van der Waals surface area (Å²) in [6.07, 6.45) is 9.37.